The fourth-order valence-electron chi connectivity index (χ4n) is 2.63. The van der Waals surface area contributed by atoms with E-state index in [-0.39, 0.29) is 17.3 Å². The summed E-state index contributed by atoms with van der Waals surface area (Å²) in [7, 11) is 0. The van der Waals surface area contributed by atoms with Crippen LogP contribution in [0.25, 0.3) is 6.08 Å². The molecule has 0 aromatic heterocycles. The Morgan fingerprint density at radius 3 is 2.46 bits per heavy atom. The van der Waals surface area contributed by atoms with Crippen LogP contribution in [0.3, 0.4) is 0 Å². The number of anilines is 1. The predicted molar refractivity (Wildman–Crippen MR) is 87.8 cm³/mol. The SMILES string of the molecule is O=C(/C=C/c1ccc(F)cc1F)c1ccc(N2CCCC2=O)cc1. The Morgan fingerprint density at radius 2 is 1.83 bits per heavy atom. The van der Waals surface area contributed by atoms with Gasteiger partial charge in [-0.1, -0.05) is 0 Å². The van der Waals surface area contributed by atoms with Gasteiger partial charge >= 0.3 is 0 Å². The number of allylic oxidation sites excluding steroid dienone is 1. The summed E-state index contributed by atoms with van der Waals surface area (Å²) in [6.07, 6.45) is 3.94. The van der Waals surface area contributed by atoms with E-state index in [4.69, 9.17) is 0 Å². The lowest BCUT2D eigenvalue weighted by Crippen LogP contribution is -2.23. The number of carbonyl (C=O) groups excluding carboxylic acids is 2. The quantitative estimate of drug-likeness (QED) is 0.629. The van der Waals surface area contributed by atoms with E-state index in [1.807, 2.05) is 0 Å². The van der Waals surface area contributed by atoms with Gasteiger partial charge in [-0.15, -0.1) is 0 Å². The molecule has 0 bridgehead atoms. The highest BCUT2D eigenvalue weighted by Gasteiger charge is 2.21. The molecule has 2 aromatic rings. The second-order valence-corrected chi connectivity index (χ2v) is 5.56. The van der Waals surface area contributed by atoms with E-state index in [1.54, 1.807) is 29.2 Å². The van der Waals surface area contributed by atoms with Crippen molar-refractivity contribution < 1.29 is 18.4 Å². The minimum absolute atomic E-state index is 0.0840. The molecule has 2 aromatic carbocycles. The van der Waals surface area contributed by atoms with Gasteiger partial charge in [-0.05, 0) is 55.0 Å². The lowest BCUT2D eigenvalue weighted by Gasteiger charge is -2.15. The minimum Gasteiger partial charge on any atom is -0.312 e. The largest absolute Gasteiger partial charge is 0.312 e. The fraction of sp³-hybridized carbons (Fsp3) is 0.158. The molecule has 1 aliphatic heterocycles. The highest BCUT2D eigenvalue weighted by atomic mass is 19.1. The van der Waals surface area contributed by atoms with Crippen LogP contribution in [0, 0.1) is 11.6 Å². The van der Waals surface area contributed by atoms with E-state index < -0.39 is 11.6 Å². The van der Waals surface area contributed by atoms with Gasteiger partial charge in [-0.25, -0.2) is 8.78 Å². The first kappa shape index (κ1) is 16.1. The van der Waals surface area contributed by atoms with Gasteiger partial charge in [0.25, 0.3) is 0 Å². The predicted octanol–water partition coefficient (Wildman–Crippen LogP) is 3.99. The highest BCUT2D eigenvalue weighted by molar-refractivity contribution is 6.07. The average molecular weight is 327 g/mol. The maximum atomic E-state index is 13.5. The van der Waals surface area contributed by atoms with Gasteiger partial charge in [0.1, 0.15) is 11.6 Å². The van der Waals surface area contributed by atoms with Crippen molar-refractivity contribution in [3.63, 3.8) is 0 Å². The van der Waals surface area contributed by atoms with Crippen molar-refractivity contribution in [3.8, 4) is 0 Å². The van der Waals surface area contributed by atoms with Gasteiger partial charge in [-0.2, -0.15) is 0 Å². The molecule has 5 heteroatoms. The Balaban J connectivity index is 1.73. The highest BCUT2D eigenvalue weighted by Crippen LogP contribution is 2.22. The van der Waals surface area contributed by atoms with Crippen molar-refractivity contribution >= 4 is 23.5 Å². The van der Waals surface area contributed by atoms with Crippen LogP contribution >= 0.6 is 0 Å². The summed E-state index contributed by atoms with van der Waals surface area (Å²) in [4.78, 5) is 25.5. The van der Waals surface area contributed by atoms with Crippen molar-refractivity contribution in [1.29, 1.82) is 0 Å². The van der Waals surface area contributed by atoms with Gasteiger partial charge in [0.05, 0.1) is 0 Å². The molecule has 0 unspecified atom stereocenters. The minimum atomic E-state index is -0.720. The smallest absolute Gasteiger partial charge is 0.227 e. The average Bonchev–Trinajstić information content (AvgIpc) is 3.00. The van der Waals surface area contributed by atoms with Crippen LogP contribution in [0.1, 0.15) is 28.8 Å². The second-order valence-electron chi connectivity index (χ2n) is 5.56. The van der Waals surface area contributed by atoms with Crippen LogP contribution in [-0.2, 0) is 4.79 Å². The number of benzene rings is 2. The van der Waals surface area contributed by atoms with Crippen LogP contribution in [-0.4, -0.2) is 18.2 Å². The molecule has 3 rings (SSSR count). The van der Waals surface area contributed by atoms with Crippen LogP contribution < -0.4 is 4.90 Å². The van der Waals surface area contributed by atoms with Crippen LogP contribution in [0.2, 0.25) is 0 Å². The molecule has 0 aliphatic carbocycles. The van der Waals surface area contributed by atoms with Crippen molar-refractivity contribution in [2.45, 2.75) is 12.8 Å². The molecule has 0 atom stereocenters. The van der Waals surface area contributed by atoms with Crippen molar-refractivity contribution in [2.24, 2.45) is 0 Å². The Hall–Kier alpha value is -2.82. The van der Waals surface area contributed by atoms with Crippen molar-refractivity contribution in [3.05, 3.63) is 71.3 Å². The molecule has 0 radical (unpaired) electrons. The summed E-state index contributed by atoms with van der Waals surface area (Å²) in [5, 5.41) is 0. The number of nitrogens with zero attached hydrogens (tertiary/aromatic N) is 1. The second kappa shape index (κ2) is 6.74. The first-order valence-corrected chi connectivity index (χ1v) is 7.62. The van der Waals surface area contributed by atoms with Gasteiger partial charge in [0, 0.05) is 35.8 Å². The van der Waals surface area contributed by atoms with Crippen LogP contribution in [0.15, 0.2) is 48.5 Å². The van der Waals surface area contributed by atoms with Crippen LogP contribution in [0.4, 0.5) is 14.5 Å². The summed E-state index contributed by atoms with van der Waals surface area (Å²) in [6, 6.07) is 9.90. The normalized spacial score (nSPS) is 14.6. The first-order valence-electron chi connectivity index (χ1n) is 7.62. The monoisotopic (exact) mass is 327 g/mol. The molecule has 122 valence electrons. The molecule has 0 saturated carbocycles. The van der Waals surface area contributed by atoms with E-state index in [9.17, 15) is 18.4 Å². The van der Waals surface area contributed by atoms with E-state index in [0.717, 1.165) is 24.2 Å². The van der Waals surface area contributed by atoms with Gasteiger partial charge in [0.2, 0.25) is 5.91 Å². The Morgan fingerprint density at radius 1 is 1.08 bits per heavy atom. The van der Waals surface area contributed by atoms with Crippen LogP contribution in [0.5, 0.6) is 0 Å². The van der Waals surface area contributed by atoms with Crippen molar-refractivity contribution in [1.82, 2.24) is 0 Å². The Kier molecular flexibility index (Phi) is 4.51. The Bertz CT molecular complexity index is 813. The molecule has 24 heavy (non-hydrogen) atoms. The van der Waals surface area contributed by atoms with Gasteiger partial charge in [-0.3, -0.25) is 9.59 Å². The molecule has 3 nitrogen and oxygen atoms in total. The number of hydrogen-bond donors (Lipinski definition) is 0. The number of ketones is 1. The summed E-state index contributed by atoms with van der Waals surface area (Å²) >= 11 is 0. The zero-order valence-electron chi connectivity index (χ0n) is 12.8. The molecule has 1 amide bonds. The van der Waals surface area contributed by atoms with E-state index in [1.165, 1.54) is 18.2 Å². The summed E-state index contributed by atoms with van der Waals surface area (Å²) in [5.74, 6) is -1.59. The fourth-order valence-corrected chi connectivity index (χ4v) is 2.63. The lowest BCUT2D eigenvalue weighted by molar-refractivity contribution is -0.117. The number of amides is 1. The van der Waals surface area contributed by atoms with E-state index in [2.05, 4.69) is 0 Å². The summed E-state index contributed by atoms with van der Waals surface area (Å²) in [6.45, 7) is 0.690. The molecule has 1 fully saturated rings. The number of halogens is 2. The van der Waals surface area contributed by atoms with E-state index >= 15 is 0 Å². The van der Waals surface area contributed by atoms with Gasteiger partial charge in [0.15, 0.2) is 5.78 Å². The standard InChI is InChI=1S/C19H15F2NO2/c20-15-7-3-13(17(21)12-15)6-10-18(23)14-4-8-16(9-5-14)22-11-1-2-19(22)24/h3-10,12H,1-2,11H2/b10-6+. The first-order chi connectivity index (χ1) is 11.5. The molecule has 0 spiro atoms. The number of carbonyl (C=O) groups is 2. The third-order valence-electron chi connectivity index (χ3n) is 3.91. The topological polar surface area (TPSA) is 37.4 Å². The zero-order valence-corrected chi connectivity index (χ0v) is 12.8. The summed E-state index contributed by atoms with van der Waals surface area (Å²) < 4.78 is 26.4. The molecular formula is C19H15F2NO2. The van der Waals surface area contributed by atoms with Crippen molar-refractivity contribution in [2.75, 3.05) is 11.4 Å². The number of hydrogen-bond acceptors (Lipinski definition) is 2. The third kappa shape index (κ3) is 3.40. The van der Waals surface area contributed by atoms with Gasteiger partial charge < -0.3 is 4.90 Å². The van der Waals surface area contributed by atoms with E-state index in [0.29, 0.717) is 18.5 Å². The zero-order chi connectivity index (χ0) is 17.1. The third-order valence-corrected chi connectivity index (χ3v) is 3.91. The number of rotatable bonds is 4. The molecule has 0 N–H and O–H groups in total. The maximum Gasteiger partial charge on any atom is 0.227 e. The molecule has 1 aliphatic rings. The Labute approximate surface area is 138 Å². The maximum absolute atomic E-state index is 13.5. The molecule has 1 saturated heterocycles. The molecular weight excluding hydrogens is 312 g/mol. The molecule has 1 heterocycles. The summed E-state index contributed by atoms with van der Waals surface area (Å²) in [5.41, 5.74) is 1.34. The lowest BCUT2D eigenvalue weighted by atomic mass is 10.1.